The third-order valence-electron chi connectivity index (χ3n) is 3.66. The molecule has 2 aromatic rings. The lowest BCUT2D eigenvalue weighted by molar-refractivity contribution is -0.128. The van der Waals surface area contributed by atoms with Crippen LogP contribution in [0.1, 0.15) is 6.42 Å². The molecule has 1 atom stereocenters. The smallest absolute Gasteiger partial charge is 0.241 e. The van der Waals surface area contributed by atoms with Crippen molar-refractivity contribution < 1.29 is 4.79 Å². The first-order chi connectivity index (χ1) is 10.5. The maximum absolute atomic E-state index is 12.1. The fourth-order valence-electron chi connectivity index (χ4n) is 2.48. The van der Waals surface area contributed by atoms with E-state index in [1.807, 2.05) is 0 Å². The Kier molecular flexibility index (Phi) is 4.33. The van der Waals surface area contributed by atoms with E-state index in [0.717, 1.165) is 11.8 Å². The van der Waals surface area contributed by atoms with Crippen LogP contribution in [0, 0.1) is 0 Å². The second-order valence-electron chi connectivity index (χ2n) is 5.25. The minimum atomic E-state index is -0.000210. The van der Waals surface area contributed by atoms with Crippen molar-refractivity contribution in [3.05, 3.63) is 28.5 Å². The lowest BCUT2D eigenvalue weighted by Gasteiger charge is -2.16. The summed E-state index contributed by atoms with van der Waals surface area (Å²) in [6.45, 7) is 1.46. The second-order valence-corrected chi connectivity index (χ2v) is 6.06. The second kappa shape index (κ2) is 6.24. The number of hydrogen-bond acceptors (Lipinski definition) is 5. The first-order valence-corrected chi connectivity index (χ1v) is 7.67. The summed E-state index contributed by atoms with van der Waals surface area (Å²) < 4.78 is 0. The van der Waals surface area contributed by atoms with Crippen molar-refractivity contribution in [3.8, 4) is 0 Å². The topological polar surface area (TPSA) is 84.1 Å². The Hall–Kier alpha value is -1.63. The molecule has 1 saturated heterocycles. The highest BCUT2D eigenvalue weighted by molar-refractivity contribution is 6.42. The number of nitrogens with zero attached hydrogens (tertiary/aromatic N) is 3. The van der Waals surface area contributed by atoms with Gasteiger partial charge in [-0.15, -0.1) is 0 Å². The highest BCUT2D eigenvalue weighted by Gasteiger charge is 2.23. The molecule has 22 heavy (non-hydrogen) atoms. The number of benzene rings is 1. The number of hydrogen-bond donors (Lipinski definition) is 2. The molecule has 8 heteroatoms. The molecule has 1 amide bonds. The van der Waals surface area contributed by atoms with Gasteiger partial charge in [0.05, 0.1) is 22.1 Å². The third-order valence-corrected chi connectivity index (χ3v) is 4.38. The molecule has 6 nitrogen and oxygen atoms in total. The SMILES string of the molecule is N[C@@H]1CCN(C(=O)CNc2ncnc3cc(Cl)c(Cl)cc23)C1. The van der Waals surface area contributed by atoms with Crippen LogP contribution in [-0.4, -0.2) is 46.5 Å². The maximum Gasteiger partial charge on any atom is 0.241 e. The molecule has 3 rings (SSSR count). The van der Waals surface area contributed by atoms with Crippen molar-refractivity contribution in [2.24, 2.45) is 5.73 Å². The summed E-state index contributed by atoms with van der Waals surface area (Å²) in [5, 5.41) is 4.62. The molecule has 1 aromatic carbocycles. The van der Waals surface area contributed by atoms with Gasteiger partial charge in [-0.2, -0.15) is 0 Å². The molecular formula is C14H15Cl2N5O. The molecule has 0 spiro atoms. The zero-order chi connectivity index (χ0) is 15.7. The summed E-state index contributed by atoms with van der Waals surface area (Å²) in [6.07, 6.45) is 2.27. The van der Waals surface area contributed by atoms with Crippen LogP contribution >= 0.6 is 23.2 Å². The van der Waals surface area contributed by atoms with Gasteiger partial charge in [0.15, 0.2) is 0 Å². The molecule has 1 aromatic heterocycles. The largest absolute Gasteiger partial charge is 0.360 e. The van der Waals surface area contributed by atoms with Gasteiger partial charge in [0, 0.05) is 24.5 Å². The maximum atomic E-state index is 12.1. The van der Waals surface area contributed by atoms with Crippen LogP contribution in [0.25, 0.3) is 10.9 Å². The number of anilines is 1. The van der Waals surface area contributed by atoms with E-state index in [1.165, 1.54) is 6.33 Å². The van der Waals surface area contributed by atoms with Crippen molar-refractivity contribution in [1.82, 2.24) is 14.9 Å². The van der Waals surface area contributed by atoms with Crippen molar-refractivity contribution in [2.75, 3.05) is 25.0 Å². The number of nitrogens with two attached hydrogens (primary N) is 1. The number of carbonyl (C=O) groups is 1. The molecule has 0 bridgehead atoms. The quantitative estimate of drug-likeness (QED) is 0.892. The molecule has 1 aliphatic heterocycles. The van der Waals surface area contributed by atoms with Crippen LogP contribution in [-0.2, 0) is 4.79 Å². The Balaban J connectivity index is 1.76. The summed E-state index contributed by atoms with van der Waals surface area (Å²) in [5.41, 5.74) is 6.48. The van der Waals surface area contributed by atoms with Crippen LogP contribution in [0.4, 0.5) is 5.82 Å². The minimum Gasteiger partial charge on any atom is -0.360 e. The van der Waals surface area contributed by atoms with Crippen molar-refractivity contribution in [3.63, 3.8) is 0 Å². The van der Waals surface area contributed by atoms with E-state index in [0.29, 0.717) is 34.5 Å². The van der Waals surface area contributed by atoms with Crippen LogP contribution in [0.2, 0.25) is 10.0 Å². The molecule has 1 aliphatic rings. The average Bonchev–Trinajstić information content (AvgIpc) is 2.93. The Bertz CT molecular complexity index is 724. The van der Waals surface area contributed by atoms with Gasteiger partial charge >= 0.3 is 0 Å². The number of likely N-dealkylation sites (tertiary alicyclic amines) is 1. The molecule has 116 valence electrons. The fraction of sp³-hybridized carbons (Fsp3) is 0.357. The van der Waals surface area contributed by atoms with Crippen molar-refractivity contribution in [2.45, 2.75) is 12.5 Å². The summed E-state index contributed by atoms with van der Waals surface area (Å²) in [5.74, 6) is 0.556. The lowest BCUT2D eigenvalue weighted by atomic mass is 10.2. The van der Waals surface area contributed by atoms with E-state index in [-0.39, 0.29) is 18.5 Å². The van der Waals surface area contributed by atoms with Gasteiger partial charge in [0.1, 0.15) is 12.1 Å². The van der Waals surface area contributed by atoms with Crippen LogP contribution in [0.3, 0.4) is 0 Å². The van der Waals surface area contributed by atoms with E-state index in [1.54, 1.807) is 17.0 Å². The summed E-state index contributed by atoms with van der Waals surface area (Å²) in [7, 11) is 0. The summed E-state index contributed by atoms with van der Waals surface area (Å²) >= 11 is 12.0. The molecule has 0 radical (unpaired) electrons. The van der Waals surface area contributed by atoms with Crippen LogP contribution in [0.5, 0.6) is 0 Å². The van der Waals surface area contributed by atoms with Gasteiger partial charge in [-0.25, -0.2) is 9.97 Å². The molecule has 3 N–H and O–H groups in total. The summed E-state index contributed by atoms with van der Waals surface area (Å²) in [4.78, 5) is 22.2. The molecule has 0 aliphatic carbocycles. The first kappa shape index (κ1) is 15.3. The van der Waals surface area contributed by atoms with Crippen molar-refractivity contribution >= 4 is 45.8 Å². The molecule has 0 unspecified atom stereocenters. The standard InChI is InChI=1S/C14H15Cl2N5O/c15-10-3-9-12(4-11(10)16)19-7-20-14(9)18-5-13(22)21-2-1-8(17)6-21/h3-4,7-8H,1-2,5-6,17H2,(H,18,19,20)/t8-/m1/s1. The Morgan fingerprint density at radius 1 is 1.36 bits per heavy atom. The van der Waals surface area contributed by atoms with Gasteiger partial charge < -0.3 is 16.0 Å². The predicted octanol–water partition coefficient (Wildman–Crippen LogP) is 1.91. The monoisotopic (exact) mass is 339 g/mol. The molecule has 0 saturated carbocycles. The van der Waals surface area contributed by atoms with Gasteiger partial charge in [0.2, 0.25) is 5.91 Å². The number of halogens is 2. The fourth-order valence-corrected chi connectivity index (χ4v) is 2.80. The number of amides is 1. The van der Waals surface area contributed by atoms with E-state index in [4.69, 9.17) is 28.9 Å². The zero-order valence-electron chi connectivity index (χ0n) is 11.7. The normalized spacial score (nSPS) is 18.0. The van der Waals surface area contributed by atoms with Gasteiger partial charge in [-0.05, 0) is 18.6 Å². The molecule has 2 heterocycles. The highest BCUT2D eigenvalue weighted by Crippen LogP contribution is 2.29. The first-order valence-electron chi connectivity index (χ1n) is 6.91. The Morgan fingerprint density at radius 3 is 2.86 bits per heavy atom. The predicted molar refractivity (Wildman–Crippen MR) is 87.2 cm³/mol. The number of carbonyl (C=O) groups excluding carboxylic acids is 1. The third kappa shape index (κ3) is 3.09. The zero-order valence-corrected chi connectivity index (χ0v) is 13.2. The minimum absolute atomic E-state index is 0.000210. The number of rotatable bonds is 3. The van der Waals surface area contributed by atoms with E-state index >= 15 is 0 Å². The Morgan fingerprint density at radius 2 is 2.14 bits per heavy atom. The van der Waals surface area contributed by atoms with Gasteiger partial charge in [-0.1, -0.05) is 23.2 Å². The van der Waals surface area contributed by atoms with Crippen LogP contribution in [0.15, 0.2) is 18.5 Å². The van der Waals surface area contributed by atoms with E-state index in [2.05, 4.69) is 15.3 Å². The Labute approximate surface area is 137 Å². The van der Waals surface area contributed by atoms with Crippen LogP contribution < -0.4 is 11.1 Å². The summed E-state index contributed by atoms with van der Waals surface area (Å²) in [6, 6.07) is 3.44. The number of nitrogens with one attached hydrogen (secondary N) is 1. The van der Waals surface area contributed by atoms with E-state index in [9.17, 15) is 4.79 Å². The van der Waals surface area contributed by atoms with E-state index < -0.39 is 0 Å². The molecular weight excluding hydrogens is 325 g/mol. The number of aromatic nitrogens is 2. The number of fused-ring (bicyclic) bond motifs is 1. The molecule has 1 fully saturated rings. The van der Waals surface area contributed by atoms with Crippen molar-refractivity contribution in [1.29, 1.82) is 0 Å². The average molecular weight is 340 g/mol. The van der Waals surface area contributed by atoms with Gasteiger partial charge in [-0.3, -0.25) is 4.79 Å². The highest BCUT2D eigenvalue weighted by atomic mass is 35.5. The van der Waals surface area contributed by atoms with Gasteiger partial charge in [0.25, 0.3) is 0 Å². The lowest BCUT2D eigenvalue weighted by Crippen LogP contribution is -2.35.